The first kappa shape index (κ1) is 23.8. The van der Waals surface area contributed by atoms with Crippen molar-refractivity contribution in [3.8, 4) is 6.07 Å². The van der Waals surface area contributed by atoms with Gasteiger partial charge in [0.15, 0.2) is 0 Å². The zero-order valence-electron chi connectivity index (χ0n) is 18.6. The normalized spacial score (nSPS) is 20.4. The Morgan fingerprint density at radius 3 is 2.63 bits per heavy atom. The van der Waals surface area contributed by atoms with E-state index in [0.717, 1.165) is 40.9 Å². The quantitative estimate of drug-likeness (QED) is 0.558. The van der Waals surface area contributed by atoms with E-state index >= 15 is 0 Å². The second-order valence-corrected chi connectivity index (χ2v) is 8.75. The maximum Gasteiger partial charge on any atom is 0.120 e. The summed E-state index contributed by atoms with van der Waals surface area (Å²) in [6.45, 7) is 10.2. The van der Waals surface area contributed by atoms with Crippen molar-refractivity contribution in [2.24, 2.45) is 11.3 Å². The van der Waals surface area contributed by atoms with Crippen molar-refractivity contribution in [2.45, 2.75) is 59.9 Å². The molecule has 0 spiro atoms. The summed E-state index contributed by atoms with van der Waals surface area (Å²) in [5.74, 6) is -0.143. The number of hydrogen-bond acceptors (Lipinski definition) is 4. The van der Waals surface area contributed by atoms with Gasteiger partial charge in [-0.25, -0.2) is 0 Å². The van der Waals surface area contributed by atoms with Crippen LogP contribution in [0.5, 0.6) is 0 Å². The number of halogens is 1. The van der Waals surface area contributed by atoms with Gasteiger partial charge in [-0.05, 0) is 54.5 Å². The summed E-state index contributed by atoms with van der Waals surface area (Å²) < 4.78 is 0. The Balaban J connectivity index is 0.00000155. The van der Waals surface area contributed by atoms with Crippen LogP contribution in [0.25, 0.3) is 0 Å². The molecule has 1 aliphatic heterocycles. The molecule has 2 atom stereocenters. The van der Waals surface area contributed by atoms with E-state index in [1.807, 2.05) is 39.0 Å². The molecule has 0 radical (unpaired) electrons. The lowest BCUT2D eigenvalue weighted by atomic mass is 9.84. The van der Waals surface area contributed by atoms with Crippen LogP contribution in [-0.4, -0.2) is 6.29 Å². The number of allylic oxidation sites excluding steroid dienone is 3. The topological polar surface area (TPSA) is 64.9 Å². The molecule has 1 aromatic rings. The average molecular weight is 426 g/mol. The lowest BCUT2D eigenvalue weighted by Crippen LogP contribution is -2.25. The number of hydrogen-bond donors (Lipinski definition) is 2. The Hall–Kier alpha value is -2.51. The van der Waals surface area contributed by atoms with Gasteiger partial charge in [0.1, 0.15) is 6.29 Å². The van der Waals surface area contributed by atoms with Gasteiger partial charge in [0.05, 0.1) is 29.4 Å². The van der Waals surface area contributed by atoms with E-state index in [9.17, 15) is 10.1 Å². The van der Waals surface area contributed by atoms with Crippen molar-refractivity contribution >= 4 is 17.9 Å². The summed E-state index contributed by atoms with van der Waals surface area (Å²) in [5, 5.41) is 17.1. The first-order chi connectivity index (χ1) is 14.3. The highest BCUT2D eigenvalue weighted by Gasteiger charge is 2.27. The highest BCUT2D eigenvalue weighted by atomic mass is 35.5. The summed E-state index contributed by atoms with van der Waals surface area (Å²) in [7, 11) is 0. The molecular formula is C25H32ClN3O. The molecule has 2 aliphatic rings. The van der Waals surface area contributed by atoms with Crippen molar-refractivity contribution < 1.29 is 4.79 Å². The second-order valence-electron chi connectivity index (χ2n) is 8.35. The smallest absolute Gasteiger partial charge is 0.120 e. The summed E-state index contributed by atoms with van der Waals surface area (Å²) in [6, 6.07) is 8.25. The number of nitriles is 1. The van der Waals surface area contributed by atoms with Gasteiger partial charge in [0, 0.05) is 17.1 Å². The fraction of sp³-hybridized carbons (Fsp3) is 0.440. The molecule has 0 bridgehead atoms. The molecule has 1 aromatic carbocycles. The zero-order chi connectivity index (χ0) is 22.3. The summed E-state index contributed by atoms with van der Waals surface area (Å²) >= 11 is 6.56. The molecule has 1 heterocycles. The Morgan fingerprint density at radius 2 is 2.00 bits per heavy atom. The molecule has 2 unspecified atom stereocenters. The zero-order valence-corrected chi connectivity index (χ0v) is 19.3. The number of benzene rings is 1. The van der Waals surface area contributed by atoms with Crippen LogP contribution in [0.2, 0.25) is 5.02 Å². The lowest BCUT2D eigenvalue weighted by molar-refractivity contribution is -0.109. The number of rotatable bonds is 5. The van der Waals surface area contributed by atoms with Gasteiger partial charge < -0.3 is 15.4 Å². The molecule has 1 aliphatic carbocycles. The number of carbonyl (C=O) groups is 1. The maximum absolute atomic E-state index is 11.1. The summed E-state index contributed by atoms with van der Waals surface area (Å²) in [6.07, 6.45) is 9.08. The van der Waals surface area contributed by atoms with Crippen molar-refractivity contribution in [1.29, 1.82) is 5.26 Å². The van der Waals surface area contributed by atoms with Gasteiger partial charge in [-0.3, -0.25) is 0 Å². The molecule has 160 valence electrons. The molecule has 0 amide bonds. The van der Waals surface area contributed by atoms with Crippen molar-refractivity contribution in [1.82, 2.24) is 10.6 Å². The Bertz CT molecular complexity index is 905. The maximum atomic E-state index is 11.1. The first-order valence-corrected chi connectivity index (χ1v) is 10.9. The predicted molar refractivity (Wildman–Crippen MR) is 124 cm³/mol. The Morgan fingerprint density at radius 1 is 1.27 bits per heavy atom. The fourth-order valence-electron chi connectivity index (χ4n) is 3.64. The predicted octanol–water partition coefficient (Wildman–Crippen LogP) is 6.11. The van der Waals surface area contributed by atoms with E-state index in [1.165, 1.54) is 0 Å². The lowest BCUT2D eigenvalue weighted by Gasteiger charge is -2.25. The summed E-state index contributed by atoms with van der Waals surface area (Å²) in [4.78, 5) is 11.1. The van der Waals surface area contributed by atoms with Crippen LogP contribution in [0.1, 0.15) is 64.1 Å². The van der Waals surface area contributed by atoms with E-state index in [0.29, 0.717) is 17.9 Å². The van der Waals surface area contributed by atoms with Crippen molar-refractivity contribution in [2.75, 3.05) is 0 Å². The van der Waals surface area contributed by atoms with Gasteiger partial charge in [0.25, 0.3) is 0 Å². The highest BCUT2D eigenvalue weighted by molar-refractivity contribution is 6.31. The SMILES string of the molecule is CC.Cc1ccc(C2C=C(CC(C)(C)CC=O)NC3=CCC(C#N)C=C3N2)c(Cl)c1. The van der Waals surface area contributed by atoms with E-state index in [2.05, 4.69) is 48.8 Å². The number of fused-ring (bicyclic) bond motifs is 1. The molecule has 3 rings (SSSR count). The molecule has 0 saturated heterocycles. The first-order valence-electron chi connectivity index (χ1n) is 10.6. The number of aryl methyl sites for hydroxylation is 1. The Labute approximate surface area is 185 Å². The van der Waals surface area contributed by atoms with E-state index in [1.54, 1.807) is 0 Å². The molecule has 5 heteroatoms. The van der Waals surface area contributed by atoms with Crippen molar-refractivity contribution in [3.63, 3.8) is 0 Å². The van der Waals surface area contributed by atoms with Gasteiger partial charge in [-0.2, -0.15) is 5.26 Å². The van der Waals surface area contributed by atoms with Crippen LogP contribution in [0.3, 0.4) is 0 Å². The van der Waals surface area contributed by atoms with Crippen LogP contribution in [0, 0.1) is 29.6 Å². The number of nitrogens with one attached hydrogen (secondary N) is 2. The minimum atomic E-state index is -0.152. The fourth-order valence-corrected chi connectivity index (χ4v) is 3.99. The minimum Gasteiger partial charge on any atom is -0.373 e. The Kier molecular flexibility index (Phi) is 8.32. The van der Waals surface area contributed by atoms with Gasteiger partial charge in [-0.15, -0.1) is 0 Å². The van der Waals surface area contributed by atoms with Crippen LogP contribution < -0.4 is 10.6 Å². The van der Waals surface area contributed by atoms with Crippen LogP contribution in [0.4, 0.5) is 0 Å². The average Bonchev–Trinajstić information content (AvgIpc) is 2.87. The van der Waals surface area contributed by atoms with Gasteiger partial charge in [-0.1, -0.05) is 57.5 Å². The third-order valence-electron chi connectivity index (χ3n) is 5.17. The van der Waals surface area contributed by atoms with E-state index < -0.39 is 0 Å². The van der Waals surface area contributed by atoms with E-state index in [4.69, 9.17) is 11.6 Å². The van der Waals surface area contributed by atoms with Crippen LogP contribution in [-0.2, 0) is 4.79 Å². The number of nitrogens with zero attached hydrogens (tertiary/aromatic N) is 1. The molecule has 0 saturated carbocycles. The van der Waals surface area contributed by atoms with Crippen molar-refractivity contribution in [3.05, 3.63) is 69.7 Å². The van der Waals surface area contributed by atoms with Gasteiger partial charge in [0.2, 0.25) is 0 Å². The molecule has 0 aromatic heterocycles. The third kappa shape index (κ3) is 6.00. The standard InChI is InChI=1S/C23H26ClN3O.C2H6/c1-15-4-6-18(19(24)10-15)21-12-17(13-23(2,3)8-9-28)26-20-7-5-16(14-25)11-22(20)27-21;1-2/h4,6-7,9-12,16,21,26-27H,5,8,13H2,1-3H3;1-2H3. The third-order valence-corrected chi connectivity index (χ3v) is 5.50. The molecule has 2 N–H and O–H groups in total. The monoisotopic (exact) mass is 425 g/mol. The van der Waals surface area contributed by atoms with Crippen LogP contribution in [0.15, 0.2) is 53.5 Å². The molecule has 4 nitrogen and oxygen atoms in total. The number of aldehydes is 1. The largest absolute Gasteiger partial charge is 0.373 e. The van der Waals surface area contributed by atoms with E-state index in [-0.39, 0.29) is 17.4 Å². The number of carbonyl (C=O) groups excluding carboxylic acids is 1. The molecule has 30 heavy (non-hydrogen) atoms. The second kappa shape index (κ2) is 10.5. The van der Waals surface area contributed by atoms with Crippen LogP contribution >= 0.6 is 11.6 Å². The molecule has 0 fully saturated rings. The van der Waals surface area contributed by atoms with Gasteiger partial charge >= 0.3 is 0 Å². The summed E-state index contributed by atoms with van der Waals surface area (Å²) in [5.41, 5.74) is 4.89. The highest BCUT2D eigenvalue weighted by Crippen LogP contribution is 2.35. The minimum absolute atomic E-state index is 0.128. The molecular weight excluding hydrogens is 394 g/mol.